The molecule has 6 aromatic carbocycles. The van der Waals surface area contributed by atoms with E-state index in [0.717, 1.165) is 0 Å². The molecule has 0 aliphatic heterocycles. The monoisotopic (exact) mass is 538 g/mol. The maximum Gasteiger partial charge on any atom is -0.0105 e. The minimum Gasteiger partial charge on any atom is -0.0622 e. The van der Waals surface area contributed by atoms with E-state index < -0.39 is 0 Å². The van der Waals surface area contributed by atoms with Crippen LogP contribution in [0.15, 0.2) is 158 Å². The molecule has 0 bridgehead atoms. The third kappa shape index (κ3) is 6.40. The van der Waals surface area contributed by atoms with Crippen molar-refractivity contribution in [3.63, 3.8) is 0 Å². The Bertz CT molecular complexity index is 1700. The van der Waals surface area contributed by atoms with Gasteiger partial charge in [0.25, 0.3) is 0 Å². The zero-order chi connectivity index (χ0) is 28.7. The maximum absolute atomic E-state index is 2.29. The van der Waals surface area contributed by atoms with Gasteiger partial charge >= 0.3 is 0 Å². The van der Waals surface area contributed by atoms with Gasteiger partial charge in [-0.25, -0.2) is 0 Å². The van der Waals surface area contributed by atoms with Gasteiger partial charge in [-0.05, 0) is 81.7 Å². The van der Waals surface area contributed by atoms with Crippen LogP contribution in [0.5, 0.6) is 0 Å². The van der Waals surface area contributed by atoms with Crippen molar-refractivity contribution in [1.82, 2.24) is 0 Å². The van der Waals surface area contributed by atoms with Gasteiger partial charge in [0.1, 0.15) is 0 Å². The minimum atomic E-state index is 1.18. The van der Waals surface area contributed by atoms with Gasteiger partial charge in [-0.15, -0.1) is 0 Å². The molecule has 6 rings (SSSR count). The molecule has 0 heteroatoms. The first-order chi connectivity index (χ1) is 20.6. The molecule has 0 fully saturated rings. The van der Waals surface area contributed by atoms with Crippen LogP contribution in [0.2, 0.25) is 0 Å². The summed E-state index contributed by atoms with van der Waals surface area (Å²) in [5.74, 6) is 0. The second-order valence-electron chi connectivity index (χ2n) is 10.8. The van der Waals surface area contributed by atoms with Crippen molar-refractivity contribution in [2.45, 2.75) is 13.8 Å². The first-order valence-corrected chi connectivity index (χ1v) is 14.5. The highest BCUT2D eigenvalue weighted by atomic mass is 14.1. The molecule has 0 unspecified atom stereocenters. The van der Waals surface area contributed by atoms with Crippen molar-refractivity contribution in [3.8, 4) is 11.1 Å². The molecule has 0 saturated carbocycles. The molecule has 202 valence electrons. The Kier molecular flexibility index (Phi) is 8.06. The van der Waals surface area contributed by atoms with Crippen molar-refractivity contribution >= 4 is 23.3 Å². The van der Waals surface area contributed by atoms with E-state index in [-0.39, 0.29) is 0 Å². The van der Waals surface area contributed by atoms with E-state index in [2.05, 4.69) is 184 Å². The summed E-state index contributed by atoms with van der Waals surface area (Å²) in [5, 5.41) is 0. The van der Waals surface area contributed by atoms with Gasteiger partial charge in [-0.3, -0.25) is 0 Å². The highest BCUT2D eigenvalue weighted by Crippen LogP contribution is 2.30. The Balaban J connectivity index is 1.29. The molecule has 42 heavy (non-hydrogen) atoms. The largest absolute Gasteiger partial charge is 0.0622 e. The highest BCUT2D eigenvalue weighted by molar-refractivity contribution is 5.93. The van der Waals surface area contributed by atoms with Crippen LogP contribution in [0.25, 0.3) is 34.4 Å². The van der Waals surface area contributed by atoms with Gasteiger partial charge in [0.2, 0.25) is 0 Å². The normalized spacial score (nSPS) is 11.9. The number of rotatable bonds is 7. The number of benzene rings is 6. The molecule has 0 heterocycles. The molecule has 0 spiro atoms. The van der Waals surface area contributed by atoms with E-state index >= 15 is 0 Å². The van der Waals surface area contributed by atoms with Crippen molar-refractivity contribution in [2.75, 3.05) is 0 Å². The van der Waals surface area contributed by atoms with Crippen LogP contribution < -0.4 is 0 Å². The summed E-state index contributed by atoms with van der Waals surface area (Å²) >= 11 is 0. The van der Waals surface area contributed by atoms with Crippen LogP contribution in [0.1, 0.15) is 44.5 Å². The molecule has 0 saturated heterocycles. The van der Waals surface area contributed by atoms with Crippen LogP contribution in [0, 0.1) is 13.8 Å². The molecule has 0 nitrogen and oxygen atoms in total. The molecule has 6 aromatic rings. The van der Waals surface area contributed by atoms with Gasteiger partial charge in [0, 0.05) is 0 Å². The summed E-state index contributed by atoms with van der Waals surface area (Å²) in [4.78, 5) is 0. The minimum absolute atomic E-state index is 1.18. The zero-order valence-corrected chi connectivity index (χ0v) is 24.2. The summed E-state index contributed by atoms with van der Waals surface area (Å²) < 4.78 is 0. The Labute approximate surface area is 250 Å². The van der Waals surface area contributed by atoms with E-state index in [9.17, 15) is 0 Å². The number of hydrogen-bond donors (Lipinski definition) is 0. The Morgan fingerprint density at radius 1 is 0.357 bits per heavy atom. The molecular formula is C42H34. The second kappa shape index (κ2) is 12.5. The van der Waals surface area contributed by atoms with Crippen molar-refractivity contribution in [3.05, 3.63) is 202 Å². The third-order valence-corrected chi connectivity index (χ3v) is 7.60. The predicted molar refractivity (Wildman–Crippen MR) is 181 cm³/mol. The summed E-state index contributed by atoms with van der Waals surface area (Å²) in [6.07, 6.45) is 4.58. The van der Waals surface area contributed by atoms with E-state index in [0.29, 0.717) is 0 Å². The van der Waals surface area contributed by atoms with Crippen LogP contribution in [0.3, 0.4) is 0 Å². The van der Waals surface area contributed by atoms with Crippen molar-refractivity contribution in [1.29, 1.82) is 0 Å². The molecule has 0 atom stereocenters. The zero-order valence-electron chi connectivity index (χ0n) is 24.2. The molecule has 0 amide bonds. The first-order valence-electron chi connectivity index (χ1n) is 14.5. The smallest absolute Gasteiger partial charge is 0.0105 e. The quantitative estimate of drug-likeness (QED) is 0.177. The van der Waals surface area contributed by atoms with Crippen LogP contribution >= 0.6 is 0 Å². The SMILES string of the molecule is Cc1cccc(/C(=C\c2ccc(-c3ccc(/C=C(\c4ccccc4)c4cccc(C)c4)cc3)cc2)c2ccccc2)c1. The molecule has 0 aromatic heterocycles. The molecule has 0 aliphatic rings. The predicted octanol–water partition coefficient (Wildman–Crippen LogP) is 11.1. The lowest BCUT2D eigenvalue weighted by Gasteiger charge is -2.11. The Hall–Kier alpha value is -5.20. The molecule has 0 aliphatic carbocycles. The summed E-state index contributed by atoms with van der Waals surface area (Å²) in [7, 11) is 0. The standard InChI is InChI=1S/C42H34/c1-31-11-9-17-39(27-31)41(37-13-5-3-6-14-37)29-33-19-23-35(24-20-33)36-25-21-34(22-26-36)30-42(38-15-7-4-8-16-38)40-18-10-12-32(2)28-40/h3-30H,1-2H3/b41-29-,42-30+. The fourth-order valence-corrected chi connectivity index (χ4v) is 5.40. The van der Waals surface area contributed by atoms with Gasteiger partial charge in [0.15, 0.2) is 0 Å². The van der Waals surface area contributed by atoms with Gasteiger partial charge in [0.05, 0.1) is 0 Å². The lowest BCUT2D eigenvalue weighted by atomic mass is 9.93. The summed E-state index contributed by atoms with van der Waals surface area (Å²) in [5.41, 5.74) is 14.7. The van der Waals surface area contributed by atoms with Gasteiger partial charge in [-0.1, -0.05) is 169 Å². The summed E-state index contributed by atoms with van der Waals surface area (Å²) in [6, 6.07) is 56.5. The fourth-order valence-electron chi connectivity index (χ4n) is 5.40. The van der Waals surface area contributed by atoms with E-state index in [1.807, 2.05) is 0 Å². The van der Waals surface area contributed by atoms with Gasteiger partial charge < -0.3 is 0 Å². The lowest BCUT2D eigenvalue weighted by Crippen LogP contribution is -1.90. The average molecular weight is 539 g/mol. The third-order valence-electron chi connectivity index (χ3n) is 7.60. The Morgan fingerprint density at radius 3 is 1.07 bits per heavy atom. The highest BCUT2D eigenvalue weighted by Gasteiger charge is 2.08. The molecule has 0 N–H and O–H groups in total. The Morgan fingerprint density at radius 2 is 0.714 bits per heavy atom. The maximum atomic E-state index is 2.29. The van der Waals surface area contributed by atoms with Crippen LogP contribution in [-0.4, -0.2) is 0 Å². The van der Waals surface area contributed by atoms with Gasteiger partial charge in [-0.2, -0.15) is 0 Å². The fraction of sp³-hybridized carbons (Fsp3) is 0.0476. The molecule has 0 radical (unpaired) electrons. The van der Waals surface area contributed by atoms with Crippen molar-refractivity contribution < 1.29 is 0 Å². The summed E-state index contributed by atoms with van der Waals surface area (Å²) in [6.45, 7) is 4.29. The topological polar surface area (TPSA) is 0 Å². The lowest BCUT2D eigenvalue weighted by molar-refractivity contribution is 1.44. The molecular weight excluding hydrogens is 504 g/mol. The van der Waals surface area contributed by atoms with E-state index in [4.69, 9.17) is 0 Å². The van der Waals surface area contributed by atoms with Crippen molar-refractivity contribution in [2.24, 2.45) is 0 Å². The van der Waals surface area contributed by atoms with Crippen LogP contribution in [0.4, 0.5) is 0 Å². The number of aryl methyl sites for hydroxylation is 2. The van der Waals surface area contributed by atoms with E-state index in [1.165, 1.54) is 66.8 Å². The van der Waals surface area contributed by atoms with Crippen LogP contribution in [-0.2, 0) is 0 Å². The average Bonchev–Trinajstić information content (AvgIpc) is 3.04. The van der Waals surface area contributed by atoms with E-state index in [1.54, 1.807) is 0 Å². The number of hydrogen-bond acceptors (Lipinski definition) is 0. The second-order valence-corrected chi connectivity index (χ2v) is 10.8. The first kappa shape index (κ1) is 27.0.